The van der Waals surface area contributed by atoms with E-state index in [4.69, 9.17) is 4.42 Å². The van der Waals surface area contributed by atoms with Crippen molar-refractivity contribution < 1.29 is 27.2 Å². The number of nitrogens with zero attached hydrogens (tertiary/aromatic N) is 6. The van der Waals surface area contributed by atoms with Crippen molar-refractivity contribution in [1.29, 1.82) is 5.26 Å². The van der Waals surface area contributed by atoms with Gasteiger partial charge >= 0.3 is 12.2 Å². The number of halogens is 3. The normalized spacial score (nSPS) is 17.4. The maximum atomic E-state index is 13.3. The fourth-order valence-electron chi connectivity index (χ4n) is 5.18. The number of hydrogen-bond donors (Lipinski definition) is 2. The van der Waals surface area contributed by atoms with E-state index in [1.165, 1.54) is 6.20 Å². The van der Waals surface area contributed by atoms with Crippen LogP contribution >= 0.6 is 0 Å². The summed E-state index contributed by atoms with van der Waals surface area (Å²) in [5.74, 6) is -0.357. The van der Waals surface area contributed by atoms with Crippen molar-refractivity contribution in [3.63, 3.8) is 0 Å². The van der Waals surface area contributed by atoms with Gasteiger partial charge in [-0.3, -0.25) is 4.79 Å². The summed E-state index contributed by atoms with van der Waals surface area (Å²) >= 11 is 0. The molecule has 3 amide bonds. The van der Waals surface area contributed by atoms with E-state index < -0.39 is 30.0 Å². The number of benzene rings is 1. The van der Waals surface area contributed by atoms with Crippen LogP contribution in [-0.2, 0) is 6.42 Å². The summed E-state index contributed by atoms with van der Waals surface area (Å²) in [7, 11) is 0. The van der Waals surface area contributed by atoms with E-state index in [0.717, 1.165) is 12.8 Å². The first kappa shape index (κ1) is 29.7. The predicted molar refractivity (Wildman–Crippen MR) is 153 cm³/mol. The van der Waals surface area contributed by atoms with Crippen molar-refractivity contribution in [2.75, 3.05) is 59.7 Å². The maximum absolute atomic E-state index is 13.3. The van der Waals surface area contributed by atoms with Crippen molar-refractivity contribution >= 4 is 35.1 Å². The first-order valence-corrected chi connectivity index (χ1v) is 14.0. The molecule has 1 aromatic carbocycles. The molecule has 0 bridgehead atoms. The van der Waals surface area contributed by atoms with E-state index in [0.29, 0.717) is 62.3 Å². The lowest BCUT2D eigenvalue weighted by atomic mass is 10.0. The number of amides is 3. The van der Waals surface area contributed by atoms with E-state index in [2.05, 4.69) is 26.7 Å². The summed E-state index contributed by atoms with van der Waals surface area (Å²) in [6, 6.07) is 11.8. The van der Waals surface area contributed by atoms with Gasteiger partial charge in [-0.2, -0.15) is 23.4 Å². The summed E-state index contributed by atoms with van der Waals surface area (Å²) in [6.07, 6.45) is -2.66. The van der Waals surface area contributed by atoms with Crippen LogP contribution < -0.4 is 20.4 Å². The quantitative estimate of drug-likeness (QED) is 0.412. The number of nitrogens with one attached hydrogen (secondary N) is 2. The molecule has 2 saturated heterocycles. The van der Waals surface area contributed by atoms with Gasteiger partial charge in [-0.25, -0.2) is 9.78 Å². The Morgan fingerprint density at radius 1 is 1.07 bits per heavy atom. The molecule has 0 radical (unpaired) electrons. The maximum Gasteiger partial charge on any atom is 0.394 e. The molecule has 1 atom stereocenters. The molecule has 11 nitrogen and oxygen atoms in total. The number of urea groups is 1. The first-order valence-electron chi connectivity index (χ1n) is 14.0. The van der Waals surface area contributed by atoms with Crippen LogP contribution in [0.1, 0.15) is 41.6 Å². The largest absolute Gasteiger partial charge is 0.418 e. The monoisotopic (exact) mass is 596 g/mol. The van der Waals surface area contributed by atoms with Crippen LogP contribution in [0, 0.1) is 17.2 Å². The van der Waals surface area contributed by atoms with Gasteiger partial charge in [-0.15, -0.1) is 0 Å². The predicted octanol–water partition coefficient (Wildman–Crippen LogP) is 4.89. The van der Waals surface area contributed by atoms with Gasteiger partial charge in [0.15, 0.2) is 0 Å². The summed E-state index contributed by atoms with van der Waals surface area (Å²) in [5, 5.41) is 14.6. The zero-order valence-electron chi connectivity index (χ0n) is 23.5. The number of hydrogen-bond acceptors (Lipinski definition) is 8. The number of aromatic nitrogens is 2. The average Bonchev–Trinajstić information content (AvgIpc) is 3.40. The Labute approximate surface area is 246 Å². The number of carbonyl (C=O) groups excluding carboxylic acids is 2. The smallest absolute Gasteiger partial charge is 0.394 e. The molecule has 0 saturated carbocycles. The molecular formula is C29H31F3N8O3. The van der Waals surface area contributed by atoms with Gasteiger partial charge in [0.05, 0.1) is 29.6 Å². The number of rotatable bonds is 6. The summed E-state index contributed by atoms with van der Waals surface area (Å²) < 4.78 is 45.4. The summed E-state index contributed by atoms with van der Waals surface area (Å²) in [5.41, 5.74) is 0.652. The third kappa shape index (κ3) is 7.35. The Balaban J connectivity index is 1.20. The van der Waals surface area contributed by atoms with Crippen molar-refractivity contribution in [2.45, 2.75) is 32.4 Å². The van der Waals surface area contributed by atoms with Crippen LogP contribution in [0.15, 0.2) is 47.0 Å². The Kier molecular flexibility index (Phi) is 8.70. The lowest BCUT2D eigenvalue weighted by Crippen LogP contribution is -2.50. The molecular weight excluding hydrogens is 565 g/mol. The molecule has 2 aliphatic heterocycles. The van der Waals surface area contributed by atoms with Gasteiger partial charge in [0.25, 0.3) is 11.9 Å². The van der Waals surface area contributed by atoms with Crippen molar-refractivity contribution in [2.24, 2.45) is 5.92 Å². The van der Waals surface area contributed by atoms with Crippen LogP contribution in [0.3, 0.4) is 0 Å². The Bertz CT molecular complexity index is 1490. The van der Waals surface area contributed by atoms with Gasteiger partial charge < -0.3 is 29.8 Å². The molecule has 43 heavy (non-hydrogen) atoms. The Morgan fingerprint density at radius 2 is 1.84 bits per heavy atom. The van der Waals surface area contributed by atoms with Crippen LogP contribution in [0.5, 0.6) is 0 Å². The SMILES string of the molecule is CC1CCCN(c2nc(CC(F)(F)F)c(C(=O)Nc3ccc(N4CCN(C(=O)Nc5ccccc5C#N)CC4)nc3)o2)C1. The average molecular weight is 597 g/mol. The van der Waals surface area contributed by atoms with Crippen molar-refractivity contribution in [3.05, 3.63) is 59.6 Å². The second-order valence-electron chi connectivity index (χ2n) is 10.7. The first-order chi connectivity index (χ1) is 20.6. The highest BCUT2D eigenvalue weighted by Gasteiger charge is 2.35. The van der Waals surface area contributed by atoms with E-state index in [1.54, 1.807) is 46.2 Å². The third-order valence-corrected chi connectivity index (χ3v) is 7.37. The van der Waals surface area contributed by atoms with E-state index in [-0.39, 0.29) is 17.7 Å². The molecule has 2 N–H and O–H groups in total. The fraction of sp³-hybridized carbons (Fsp3) is 0.414. The number of pyridine rings is 1. The fourth-order valence-corrected chi connectivity index (χ4v) is 5.18. The zero-order valence-corrected chi connectivity index (χ0v) is 23.5. The third-order valence-electron chi connectivity index (χ3n) is 7.37. The molecule has 0 aliphatic carbocycles. The molecule has 2 fully saturated rings. The minimum absolute atomic E-state index is 0.0199. The number of nitriles is 1. The van der Waals surface area contributed by atoms with Crippen molar-refractivity contribution in [3.8, 4) is 6.07 Å². The van der Waals surface area contributed by atoms with Gasteiger partial charge in [0, 0.05) is 39.3 Å². The summed E-state index contributed by atoms with van der Waals surface area (Å²) in [4.78, 5) is 39.6. The molecule has 3 aromatic rings. The number of piperazine rings is 1. The lowest BCUT2D eigenvalue weighted by molar-refractivity contribution is -0.127. The highest BCUT2D eigenvalue weighted by atomic mass is 19.4. The highest BCUT2D eigenvalue weighted by molar-refractivity contribution is 6.03. The van der Waals surface area contributed by atoms with Gasteiger partial charge in [-0.1, -0.05) is 19.1 Å². The van der Waals surface area contributed by atoms with Gasteiger partial charge in [-0.05, 0) is 43.0 Å². The highest BCUT2D eigenvalue weighted by Crippen LogP contribution is 2.29. The number of alkyl halides is 3. The molecule has 2 aliphatic rings. The lowest BCUT2D eigenvalue weighted by Gasteiger charge is -2.35. The Morgan fingerprint density at radius 3 is 2.51 bits per heavy atom. The minimum atomic E-state index is -4.56. The standard InChI is InChI=1S/C29H31F3N8O3/c1-19-5-4-10-40(18-19)28-37-23(15-29(30,31)32)25(43-28)26(41)35-21-8-9-24(34-17-21)38-11-13-39(14-12-38)27(42)36-22-7-3-2-6-20(22)16-33/h2-3,6-9,17,19H,4-5,10-15,18H2,1H3,(H,35,41)(H,36,42). The van der Waals surface area contributed by atoms with E-state index in [1.807, 2.05) is 11.8 Å². The second-order valence-corrected chi connectivity index (χ2v) is 10.7. The van der Waals surface area contributed by atoms with E-state index >= 15 is 0 Å². The number of oxazole rings is 1. The van der Waals surface area contributed by atoms with Gasteiger partial charge in [0.1, 0.15) is 17.6 Å². The molecule has 14 heteroatoms. The molecule has 226 valence electrons. The van der Waals surface area contributed by atoms with Crippen LogP contribution in [-0.4, -0.2) is 72.3 Å². The van der Waals surface area contributed by atoms with Gasteiger partial charge in [0.2, 0.25) is 5.76 Å². The topological polar surface area (TPSA) is 131 Å². The zero-order chi connectivity index (χ0) is 30.6. The van der Waals surface area contributed by atoms with Crippen LogP contribution in [0.4, 0.5) is 41.2 Å². The number of carbonyl (C=O) groups is 2. The molecule has 1 unspecified atom stereocenters. The van der Waals surface area contributed by atoms with Crippen LogP contribution in [0.2, 0.25) is 0 Å². The molecule has 2 aromatic heterocycles. The Hall–Kier alpha value is -4.80. The number of para-hydroxylation sites is 1. The second kappa shape index (κ2) is 12.6. The number of anilines is 4. The summed E-state index contributed by atoms with van der Waals surface area (Å²) in [6.45, 7) is 5.08. The van der Waals surface area contributed by atoms with Crippen LogP contribution in [0.25, 0.3) is 0 Å². The molecule has 4 heterocycles. The molecule has 0 spiro atoms. The van der Waals surface area contributed by atoms with Crippen molar-refractivity contribution in [1.82, 2.24) is 14.9 Å². The molecule has 5 rings (SSSR count). The van der Waals surface area contributed by atoms with E-state index in [9.17, 15) is 28.0 Å². The number of piperidine rings is 1. The minimum Gasteiger partial charge on any atom is -0.418 e.